The molecule has 1 aromatic heterocycles. The van der Waals surface area contributed by atoms with Crippen LogP contribution in [0.1, 0.15) is 47.6 Å². The predicted molar refractivity (Wildman–Crippen MR) is 128 cm³/mol. The number of carboxylic acids is 1. The minimum Gasteiger partial charge on any atom is -0.478 e. The standard InChI is InChI=1S/C27H27N3O2/c1-29(18-19-7-3-2-4-8-19)22-14-11-20(12-15-22)26-28-24-17-21(27(31)32)13-16-25(24)30(26)23-9-5-6-10-23/h2-4,7-8,11-17,23H,5-6,9-10,18H2,1H3,(H,31,32). The van der Waals surface area contributed by atoms with Crippen molar-refractivity contribution >= 4 is 22.7 Å². The molecular formula is C27H27N3O2. The van der Waals surface area contributed by atoms with Crippen molar-refractivity contribution in [3.63, 3.8) is 0 Å². The molecule has 0 amide bonds. The van der Waals surface area contributed by atoms with Crippen molar-refractivity contribution in [3.05, 3.63) is 83.9 Å². The molecule has 3 aromatic carbocycles. The van der Waals surface area contributed by atoms with E-state index in [0.717, 1.165) is 47.5 Å². The number of aromatic nitrogens is 2. The van der Waals surface area contributed by atoms with Crippen LogP contribution in [0, 0.1) is 0 Å². The number of hydrogen-bond donors (Lipinski definition) is 1. The van der Waals surface area contributed by atoms with Gasteiger partial charge in [-0.1, -0.05) is 43.2 Å². The van der Waals surface area contributed by atoms with Crippen LogP contribution < -0.4 is 4.90 Å². The highest BCUT2D eigenvalue weighted by Gasteiger charge is 2.24. The number of imidazole rings is 1. The molecule has 5 heteroatoms. The van der Waals surface area contributed by atoms with Crippen molar-refractivity contribution in [2.45, 2.75) is 38.3 Å². The van der Waals surface area contributed by atoms with E-state index >= 15 is 0 Å². The summed E-state index contributed by atoms with van der Waals surface area (Å²) >= 11 is 0. The summed E-state index contributed by atoms with van der Waals surface area (Å²) in [4.78, 5) is 18.6. The number of nitrogens with zero attached hydrogens (tertiary/aromatic N) is 3. The summed E-state index contributed by atoms with van der Waals surface area (Å²) in [7, 11) is 2.10. The van der Waals surface area contributed by atoms with E-state index in [1.807, 2.05) is 12.1 Å². The molecule has 162 valence electrons. The normalized spacial score (nSPS) is 14.2. The number of rotatable bonds is 6. The summed E-state index contributed by atoms with van der Waals surface area (Å²) in [6.45, 7) is 0.846. The van der Waals surface area contributed by atoms with Crippen molar-refractivity contribution in [1.29, 1.82) is 0 Å². The lowest BCUT2D eigenvalue weighted by Crippen LogP contribution is -2.16. The molecule has 1 heterocycles. The maximum atomic E-state index is 11.5. The van der Waals surface area contributed by atoms with Crippen LogP contribution in [0.4, 0.5) is 5.69 Å². The monoisotopic (exact) mass is 425 g/mol. The number of hydrogen-bond acceptors (Lipinski definition) is 3. The van der Waals surface area contributed by atoms with Crippen LogP contribution in [-0.4, -0.2) is 27.7 Å². The zero-order valence-electron chi connectivity index (χ0n) is 18.2. The minimum absolute atomic E-state index is 0.276. The molecule has 1 fully saturated rings. The fraction of sp³-hybridized carbons (Fsp3) is 0.259. The average molecular weight is 426 g/mol. The highest BCUT2D eigenvalue weighted by molar-refractivity contribution is 5.93. The van der Waals surface area contributed by atoms with Gasteiger partial charge in [-0.3, -0.25) is 0 Å². The summed E-state index contributed by atoms with van der Waals surface area (Å²) in [5.41, 5.74) is 5.52. The fourth-order valence-electron chi connectivity index (χ4n) is 4.78. The van der Waals surface area contributed by atoms with E-state index in [2.05, 4.69) is 65.0 Å². The molecule has 5 rings (SSSR count). The van der Waals surface area contributed by atoms with Crippen LogP contribution in [0.3, 0.4) is 0 Å². The van der Waals surface area contributed by atoms with Gasteiger partial charge in [0.25, 0.3) is 0 Å². The molecule has 0 spiro atoms. The number of aromatic carboxylic acids is 1. The summed E-state index contributed by atoms with van der Waals surface area (Å²) in [6, 6.07) is 24.7. The Hall–Kier alpha value is -3.60. The van der Waals surface area contributed by atoms with Gasteiger partial charge in [0.15, 0.2) is 0 Å². The van der Waals surface area contributed by atoms with Crippen LogP contribution in [0.15, 0.2) is 72.8 Å². The van der Waals surface area contributed by atoms with Gasteiger partial charge in [0.05, 0.1) is 16.6 Å². The Morgan fingerprint density at radius 2 is 1.75 bits per heavy atom. The number of carbonyl (C=O) groups is 1. The van der Waals surface area contributed by atoms with Crippen molar-refractivity contribution in [1.82, 2.24) is 9.55 Å². The number of carboxylic acid groups (broad SMARTS) is 1. The Bertz CT molecular complexity index is 1240. The topological polar surface area (TPSA) is 58.4 Å². The second-order valence-corrected chi connectivity index (χ2v) is 8.64. The van der Waals surface area contributed by atoms with Gasteiger partial charge in [0.1, 0.15) is 5.82 Å². The van der Waals surface area contributed by atoms with Gasteiger partial charge in [-0.15, -0.1) is 0 Å². The average Bonchev–Trinajstić information content (AvgIpc) is 3.47. The Labute approximate surface area is 187 Å². The van der Waals surface area contributed by atoms with Crippen LogP contribution in [0.2, 0.25) is 0 Å². The van der Waals surface area contributed by atoms with E-state index in [9.17, 15) is 9.90 Å². The zero-order valence-corrected chi connectivity index (χ0v) is 18.2. The molecular weight excluding hydrogens is 398 g/mol. The highest BCUT2D eigenvalue weighted by Crippen LogP contribution is 2.37. The molecule has 0 radical (unpaired) electrons. The first-order valence-corrected chi connectivity index (χ1v) is 11.2. The van der Waals surface area contributed by atoms with Crippen molar-refractivity contribution in [2.75, 3.05) is 11.9 Å². The maximum Gasteiger partial charge on any atom is 0.335 e. The number of anilines is 1. The fourth-order valence-corrected chi connectivity index (χ4v) is 4.78. The third kappa shape index (κ3) is 3.86. The van der Waals surface area contributed by atoms with Gasteiger partial charge in [0.2, 0.25) is 0 Å². The lowest BCUT2D eigenvalue weighted by atomic mass is 10.1. The molecule has 0 bridgehead atoms. The Morgan fingerprint density at radius 3 is 2.44 bits per heavy atom. The Balaban J connectivity index is 1.50. The Morgan fingerprint density at radius 1 is 1.03 bits per heavy atom. The van der Waals surface area contributed by atoms with Crippen LogP contribution in [-0.2, 0) is 6.54 Å². The summed E-state index contributed by atoms with van der Waals surface area (Å²) in [5, 5.41) is 9.40. The van der Waals surface area contributed by atoms with E-state index < -0.39 is 5.97 Å². The molecule has 5 nitrogen and oxygen atoms in total. The second-order valence-electron chi connectivity index (χ2n) is 8.64. The van der Waals surface area contributed by atoms with Crippen LogP contribution in [0.5, 0.6) is 0 Å². The van der Waals surface area contributed by atoms with E-state index in [0.29, 0.717) is 6.04 Å². The van der Waals surface area contributed by atoms with E-state index in [-0.39, 0.29) is 5.56 Å². The molecule has 1 aliphatic rings. The molecule has 1 saturated carbocycles. The molecule has 0 unspecified atom stereocenters. The lowest BCUT2D eigenvalue weighted by Gasteiger charge is -2.20. The number of benzene rings is 3. The highest BCUT2D eigenvalue weighted by atomic mass is 16.4. The van der Waals surface area contributed by atoms with Gasteiger partial charge in [-0.25, -0.2) is 9.78 Å². The molecule has 1 N–H and O–H groups in total. The molecule has 32 heavy (non-hydrogen) atoms. The molecule has 0 atom stereocenters. The van der Waals surface area contributed by atoms with Gasteiger partial charge < -0.3 is 14.6 Å². The first-order chi connectivity index (χ1) is 15.6. The maximum absolute atomic E-state index is 11.5. The van der Waals surface area contributed by atoms with Crippen molar-refractivity contribution in [3.8, 4) is 11.4 Å². The summed E-state index contributed by atoms with van der Waals surface area (Å²) < 4.78 is 2.33. The van der Waals surface area contributed by atoms with Crippen molar-refractivity contribution in [2.24, 2.45) is 0 Å². The molecule has 1 aliphatic carbocycles. The predicted octanol–water partition coefficient (Wildman–Crippen LogP) is 6.15. The van der Waals surface area contributed by atoms with Crippen molar-refractivity contribution < 1.29 is 9.90 Å². The van der Waals surface area contributed by atoms with Gasteiger partial charge in [0, 0.05) is 30.9 Å². The van der Waals surface area contributed by atoms with Gasteiger partial charge in [-0.05, 0) is 60.9 Å². The number of fused-ring (bicyclic) bond motifs is 1. The van der Waals surface area contributed by atoms with Gasteiger partial charge in [-0.2, -0.15) is 0 Å². The smallest absolute Gasteiger partial charge is 0.335 e. The lowest BCUT2D eigenvalue weighted by molar-refractivity contribution is 0.0697. The first kappa shape index (κ1) is 20.3. The quantitative estimate of drug-likeness (QED) is 0.402. The van der Waals surface area contributed by atoms with Crippen LogP contribution >= 0.6 is 0 Å². The molecule has 0 saturated heterocycles. The summed E-state index contributed by atoms with van der Waals surface area (Å²) in [5.74, 6) is 0.00127. The van der Waals surface area contributed by atoms with Crippen LogP contribution in [0.25, 0.3) is 22.4 Å². The zero-order chi connectivity index (χ0) is 22.1. The third-order valence-corrected chi connectivity index (χ3v) is 6.46. The Kier molecular flexibility index (Phi) is 5.39. The molecule has 0 aliphatic heterocycles. The first-order valence-electron chi connectivity index (χ1n) is 11.2. The van der Waals surface area contributed by atoms with Gasteiger partial charge >= 0.3 is 5.97 Å². The SMILES string of the molecule is CN(Cc1ccccc1)c1ccc(-c2nc3cc(C(=O)O)ccc3n2C2CCCC2)cc1. The van der Waals surface area contributed by atoms with E-state index in [4.69, 9.17) is 4.98 Å². The van der Waals surface area contributed by atoms with E-state index in [1.165, 1.54) is 18.4 Å². The second kappa shape index (κ2) is 8.50. The minimum atomic E-state index is -0.922. The van der Waals surface area contributed by atoms with E-state index in [1.54, 1.807) is 12.1 Å². The summed E-state index contributed by atoms with van der Waals surface area (Å²) in [6.07, 6.45) is 4.72. The third-order valence-electron chi connectivity index (χ3n) is 6.46. The largest absolute Gasteiger partial charge is 0.478 e. The molecule has 4 aromatic rings.